The molecule has 0 aliphatic heterocycles. The minimum absolute atomic E-state index is 0.0146. The highest BCUT2D eigenvalue weighted by Crippen LogP contribution is 2.12. The van der Waals surface area contributed by atoms with Crippen LogP contribution in [0, 0.1) is 0 Å². The van der Waals surface area contributed by atoms with Crippen LogP contribution in [-0.2, 0) is 0 Å². The van der Waals surface area contributed by atoms with Crippen molar-refractivity contribution < 1.29 is 4.79 Å². The van der Waals surface area contributed by atoms with Gasteiger partial charge in [0.2, 0.25) is 0 Å². The minimum atomic E-state index is -0.0146. The number of pyridine rings is 1. The van der Waals surface area contributed by atoms with Crippen LogP contribution >= 0.6 is 0 Å². The molecule has 15 heavy (non-hydrogen) atoms. The fourth-order valence-electron chi connectivity index (χ4n) is 1.44. The van der Waals surface area contributed by atoms with E-state index in [1.165, 1.54) is 6.20 Å². The average molecular weight is 207 g/mol. The summed E-state index contributed by atoms with van der Waals surface area (Å²) in [5, 5.41) is 0. The maximum Gasteiger partial charge on any atom is 0.256 e. The zero-order valence-electron chi connectivity index (χ0n) is 9.23. The lowest BCUT2D eigenvalue weighted by atomic mass is 10.2. The smallest absolute Gasteiger partial charge is 0.256 e. The number of anilines is 1. The monoisotopic (exact) mass is 207 g/mol. The maximum atomic E-state index is 12.0. The molecule has 0 aliphatic carbocycles. The standard InChI is InChI=1S/C11H17N3O/c1-3-7-14(4-2)11(15)9-5-6-13-8-10(9)12/h5-6,8H,3-4,7,12H2,1-2H3. The summed E-state index contributed by atoms with van der Waals surface area (Å²) in [6.07, 6.45) is 4.04. The summed E-state index contributed by atoms with van der Waals surface area (Å²) in [7, 11) is 0. The summed E-state index contributed by atoms with van der Waals surface area (Å²) in [5.41, 5.74) is 6.68. The van der Waals surface area contributed by atoms with Crippen molar-refractivity contribution in [1.82, 2.24) is 9.88 Å². The number of hydrogen-bond acceptors (Lipinski definition) is 3. The largest absolute Gasteiger partial charge is 0.397 e. The second-order valence-electron chi connectivity index (χ2n) is 3.35. The van der Waals surface area contributed by atoms with E-state index in [2.05, 4.69) is 4.98 Å². The van der Waals surface area contributed by atoms with Crippen molar-refractivity contribution >= 4 is 11.6 Å². The third kappa shape index (κ3) is 2.68. The Morgan fingerprint density at radius 2 is 2.27 bits per heavy atom. The minimum Gasteiger partial charge on any atom is -0.397 e. The van der Waals surface area contributed by atoms with E-state index >= 15 is 0 Å². The number of carbonyl (C=O) groups excluding carboxylic acids is 1. The van der Waals surface area contributed by atoms with E-state index in [1.807, 2.05) is 13.8 Å². The number of hydrogen-bond donors (Lipinski definition) is 1. The summed E-state index contributed by atoms with van der Waals surface area (Å²) < 4.78 is 0. The van der Waals surface area contributed by atoms with Crippen molar-refractivity contribution in [2.75, 3.05) is 18.8 Å². The first kappa shape index (κ1) is 11.5. The van der Waals surface area contributed by atoms with Crippen molar-refractivity contribution in [3.63, 3.8) is 0 Å². The molecule has 0 bridgehead atoms. The zero-order valence-corrected chi connectivity index (χ0v) is 9.23. The number of nitrogen functional groups attached to an aromatic ring is 1. The summed E-state index contributed by atoms with van der Waals surface area (Å²) in [5.74, 6) is -0.0146. The van der Waals surface area contributed by atoms with Crippen LogP contribution in [0.3, 0.4) is 0 Å². The highest BCUT2D eigenvalue weighted by Gasteiger charge is 2.15. The highest BCUT2D eigenvalue weighted by atomic mass is 16.2. The lowest BCUT2D eigenvalue weighted by Crippen LogP contribution is -2.32. The summed E-state index contributed by atoms with van der Waals surface area (Å²) >= 11 is 0. The topological polar surface area (TPSA) is 59.2 Å². The molecule has 0 aliphatic rings. The van der Waals surface area contributed by atoms with Crippen LogP contribution in [0.1, 0.15) is 30.6 Å². The van der Waals surface area contributed by atoms with Gasteiger partial charge < -0.3 is 10.6 Å². The van der Waals surface area contributed by atoms with Gasteiger partial charge in [-0.1, -0.05) is 6.92 Å². The second kappa shape index (κ2) is 5.34. The van der Waals surface area contributed by atoms with E-state index in [1.54, 1.807) is 17.2 Å². The zero-order chi connectivity index (χ0) is 11.3. The van der Waals surface area contributed by atoms with Gasteiger partial charge in [0, 0.05) is 19.3 Å². The van der Waals surface area contributed by atoms with Crippen LogP contribution in [0.25, 0.3) is 0 Å². The number of carbonyl (C=O) groups is 1. The van der Waals surface area contributed by atoms with E-state index in [9.17, 15) is 4.79 Å². The lowest BCUT2D eigenvalue weighted by molar-refractivity contribution is 0.0765. The third-order valence-electron chi connectivity index (χ3n) is 2.24. The molecule has 1 aromatic rings. The van der Waals surface area contributed by atoms with Gasteiger partial charge in [0.15, 0.2) is 0 Å². The van der Waals surface area contributed by atoms with Gasteiger partial charge in [0.25, 0.3) is 5.91 Å². The number of amides is 1. The SMILES string of the molecule is CCCN(CC)C(=O)c1ccncc1N. The van der Waals surface area contributed by atoms with Gasteiger partial charge >= 0.3 is 0 Å². The van der Waals surface area contributed by atoms with E-state index in [0.717, 1.165) is 13.0 Å². The number of rotatable bonds is 4. The van der Waals surface area contributed by atoms with Crippen LogP contribution in [0.15, 0.2) is 18.5 Å². The summed E-state index contributed by atoms with van der Waals surface area (Å²) in [6, 6.07) is 1.66. The van der Waals surface area contributed by atoms with Gasteiger partial charge in [-0.2, -0.15) is 0 Å². The van der Waals surface area contributed by atoms with E-state index in [-0.39, 0.29) is 5.91 Å². The molecule has 0 radical (unpaired) electrons. The second-order valence-corrected chi connectivity index (χ2v) is 3.35. The van der Waals surface area contributed by atoms with E-state index in [4.69, 9.17) is 5.73 Å². The molecular formula is C11H17N3O. The van der Waals surface area contributed by atoms with Crippen LogP contribution < -0.4 is 5.73 Å². The first-order chi connectivity index (χ1) is 7.20. The Morgan fingerprint density at radius 3 is 2.80 bits per heavy atom. The van der Waals surface area contributed by atoms with Crippen LogP contribution in [0.5, 0.6) is 0 Å². The Balaban J connectivity index is 2.88. The Morgan fingerprint density at radius 1 is 1.53 bits per heavy atom. The Hall–Kier alpha value is -1.58. The molecule has 0 fully saturated rings. The Bertz CT molecular complexity index is 338. The number of nitrogens with zero attached hydrogens (tertiary/aromatic N) is 2. The molecule has 1 aromatic heterocycles. The molecule has 0 saturated heterocycles. The molecule has 0 aromatic carbocycles. The van der Waals surface area contributed by atoms with Crippen molar-refractivity contribution in [2.24, 2.45) is 0 Å². The van der Waals surface area contributed by atoms with Gasteiger partial charge in [0.05, 0.1) is 17.4 Å². The summed E-state index contributed by atoms with van der Waals surface area (Å²) in [4.78, 5) is 17.7. The molecule has 2 N–H and O–H groups in total. The fourth-order valence-corrected chi connectivity index (χ4v) is 1.44. The molecule has 4 heteroatoms. The molecule has 0 saturated carbocycles. The predicted octanol–water partition coefficient (Wildman–Crippen LogP) is 1.54. The molecular weight excluding hydrogens is 190 g/mol. The van der Waals surface area contributed by atoms with Gasteiger partial charge in [-0.15, -0.1) is 0 Å². The van der Waals surface area contributed by atoms with Crippen molar-refractivity contribution in [2.45, 2.75) is 20.3 Å². The molecule has 0 atom stereocenters. The quantitative estimate of drug-likeness (QED) is 0.814. The van der Waals surface area contributed by atoms with Crippen molar-refractivity contribution in [3.8, 4) is 0 Å². The average Bonchev–Trinajstić information content (AvgIpc) is 2.25. The number of nitrogens with two attached hydrogens (primary N) is 1. The predicted molar refractivity (Wildman–Crippen MR) is 60.5 cm³/mol. The first-order valence-corrected chi connectivity index (χ1v) is 5.19. The fraction of sp³-hybridized carbons (Fsp3) is 0.455. The third-order valence-corrected chi connectivity index (χ3v) is 2.24. The van der Waals surface area contributed by atoms with Gasteiger partial charge in [-0.05, 0) is 19.4 Å². The first-order valence-electron chi connectivity index (χ1n) is 5.19. The lowest BCUT2D eigenvalue weighted by Gasteiger charge is -2.20. The normalized spacial score (nSPS) is 10.0. The molecule has 1 heterocycles. The molecule has 82 valence electrons. The van der Waals surface area contributed by atoms with Gasteiger partial charge in [0.1, 0.15) is 0 Å². The van der Waals surface area contributed by atoms with Gasteiger partial charge in [-0.3, -0.25) is 9.78 Å². The van der Waals surface area contributed by atoms with Crippen molar-refractivity contribution in [3.05, 3.63) is 24.0 Å². The Labute approximate surface area is 90.1 Å². The highest BCUT2D eigenvalue weighted by molar-refractivity contribution is 5.98. The maximum absolute atomic E-state index is 12.0. The molecule has 4 nitrogen and oxygen atoms in total. The van der Waals surface area contributed by atoms with Gasteiger partial charge in [-0.25, -0.2) is 0 Å². The molecule has 0 spiro atoms. The van der Waals surface area contributed by atoms with Crippen molar-refractivity contribution in [1.29, 1.82) is 0 Å². The summed E-state index contributed by atoms with van der Waals surface area (Å²) in [6.45, 7) is 5.47. The molecule has 1 rings (SSSR count). The Kier molecular flexibility index (Phi) is 4.09. The van der Waals surface area contributed by atoms with Crippen LogP contribution in [0.2, 0.25) is 0 Å². The number of aromatic nitrogens is 1. The van der Waals surface area contributed by atoms with Crippen LogP contribution in [0.4, 0.5) is 5.69 Å². The molecule has 1 amide bonds. The van der Waals surface area contributed by atoms with E-state index in [0.29, 0.717) is 17.8 Å². The van der Waals surface area contributed by atoms with E-state index < -0.39 is 0 Å². The molecule has 0 unspecified atom stereocenters. The van der Waals surface area contributed by atoms with Crippen LogP contribution in [-0.4, -0.2) is 28.9 Å².